The number of para-hydroxylation sites is 1. The van der Waals surface area contributed by atoms with Gasteiger partial charge in [0.15, 0.2) is 4.67 Å². The Morgan fingerprint density at radius 2 is 2.14 bits per heavy atom. The van der Waals surface area contributed by atoms with Crippen LogP contribution in [0, 0.1) is 0 Å². The number of hydrogen-bond donors (Lipinski definition) is 1. The number of pyridine rings is 1. The summed E-state index contributed by atoms with van der Waals surface area (Å²) in [5, 5.41) is 4.71. The third-order valence-electron chi connectivity index (χ3n) is 3.50. The van der Waals surface area contributed by atoms with Crippen molar-refractivity contribution in [2.75, 3.05) is 6.54 Å². The SMILES string of the molecule is CCCNC(c1cnc2ccccc2c1)c1ccoc1Br. The van der Waals surface area contributed by atoms with Crippen molar-refractivity contribution in [3.63, 3.8) is 0 Å². The van der Waals surface area contributed by atoms with Gasteiger partial charge in [0.25, 0.3) is 0 Å². The van der Waals surface area contributed by atoms with Gasteiger partial charge in [-0.05, 0) is 52.7 Å². The van der Waals surface area contributed by atoms with Crippen molar-refractivity contribution in [2.24, 2.45) is 0 Å². The van der Waals surface area contributed by atoms with E-state index in [2.05, 4.69) is 45.3 Å². The van der Waals surface area contributed by atoms with Gasteiger partial charge < -0.3 is 9.73 Å². The fraction of sp³-hybridized carbons (Fsp3) is 0.235. The highest BCUT2D eigenvalue weighted by atomic mass is 79.9. The molecule has 0 amide bonds. The first-order valence-electron chi connectivity index (χ1n) is 7.10. The monoisotopic (exact) mass is 344 g/mol. The van der Waals surface area contributed by atoms with Gasteiger partial charge in [-0.2, -0.15) is 0 Å². The van der Waals surface area contributed by atoms with E-state index in [0.29, 0.717) is 0 Å². The average molecular weight is 345 g/mol. The Labute approximate surface area is 132 Å². The summed E-state index contributed by atoms with van der Waals surface area (Å²) in [6.07, 6.45) is 4.72. The minimum Gasteiger partial charge on any atom is -0.457 e. The third kappa shape index (κ3) is 3.01. The van der Waals surface area contributed by atoms with Crippen LogP contribution in [0.1, 0.15) is 30.5 Å². The van der Waals surface area contributed by atoms with Crippen molar-refractivity contribution in [1.29, 1.82) is 0 Å². The molecule has 3 nitrogen and oxygen atoms in total. The molecule has 2 heterocycles. The first-order chi connectivity index (χ1) is 10.3. The first-order valence-corrected chi connectivity index (χ1v) is 7.90. The number of aromatic nitrogens is 1. The van der Waals surface area contributed by atoms with E-state index in [0.717, 1.165) is 39.7 Å². The van der Waals surface area contributed by atoms with Gasteiger partial charge >= 0.3 is 0 Å². The minimum absolute atomic E-state index is 0.0789. The van der Waals surface area contributed by atoms with E-state index in [1.807, 2.05) is 30.5 Å². The van der Waals surface area contributed by atoms with Gasteiger partial charge in [0.05, 0.1) is 17.8 Å². The predicted molar refractivity (Wildman–Crippen MR) is 88.3 cm³/mol. The maximum absolute atomic E-state index is 5.39. The Morgan fingerprint density at radius 1 is 1.29 bits per heavy atom. The zero-order valence-corrected chi connectivity index (χ0v) is 13.4. The summed E-state index contributed by atoms with van der Waals surface area (Å²) in [6.45, 7) is 3.10. The maximum Gasteiger partial charge on any atom is 0.174 e. The maximum atomic E-state index is 5.39. The van der Waals surface area contributed by atoms with Crippen LogP contribution in [0.3, 0.4) is 0 Å². The number of benzene rings is 1. The molecule has 21 heavy (non-hydrogen) atoms. The molecule has 0 saturated carbocycles. The van der Waals surface area contributed by atoms with Gasteiger partial charge in [0, 0.05) is 17.1 Å². The second kappa shape index (κ2) is 6.41. The standard InChI is InChI=1S/C17H17BrN2O/c1-2-8-19-16(14-7-9-21-17(14)18)13-10-12-5-3-4-6-15(12)20-11-13/h3-7,9-11,16,19H,2,8H2,1H3. The van der Waals surface area contributed by atoms with Crippen LogP contribution in [0.4, 0.5) is 0 Å². The summed E-state index contributed by atoms with van der Waals surface area (Å²) >= 11 is 3.48. The van der Waals surface area contributed by atoms with E-state index in [-0.39, 0.29) is 6.04 Å². The lowest BCUT2D eigenvalue weighted by Gasteiger charge is -2.18. The minimum atomic E-state index is 0.0789. The normalized spacial score (nSPS) is 12.7. The molecule has 0 aliphatic heterocycles. The lowest BCUT2D eigenvalue weighted by molar-refractivity contribution is 0.523. The van der Waals surface area contributed by atoms with Gasteiger partial charge in [-0.15, -0.1) is 0 Å². The van der Waals surface area contributed by atoms with E-state index in [1.165, 1.54) is 0 Å². The van der Waals surface area contributed by atoms with Crippen LogP contribution in [0.25, 0.3) is 10.9 Å². The number of nitrogens with zero attached hydrogens (tertiary/aromatic N) is 1. The molecule has 1 unspecified atom stereocenters. The fourth-order valence-corrected chi connectivity index (χ4v) is 2.92. The van der Waals surface area contributed by atoms with Crippen molar-refractivity contribution in [1.82, 2.24) is 10.3 Å². The molecule has 0 fully saturated rings. The molecule has 1 atom stereocenters. The predicted octanol–water partition coefficient (Wildman–Crippen LogP) is 4.68. The molecule has 0 saturated heterocycles. The number of hydrogen-bond acceptors (Lipinski definition) is 3. The second-order valence-electron chi connectivity index (χ2n) is 5.00. The van der Waals surface area contributed by atoms with Crippen molar-refractivity contribution in [3.8, 4) is 0 Å². The van der Waals surface area contributed by atoms with E-state index < -0.39 is 0 Å². The Bertz CT molecular complexity index is 738. The molecule has 0 bridgehead atoms. The van der Waals surface area contributed by atoms with Crippen LogP contribution < -0.4 is 5.32 Å². The summed E-state index contributed by atoms with van der Waals surface area (Å²) in [5.41, 5.74) is 3.26. The van der Waals surface area contributed by atoms with Gasteiger partial charge in [-0.3, -0.25) is 4.98 Å². The molecule has 1 N–H and O–H groups in total. The average Bonchev–Trinajstić information content (AvgIpc) is 2.94. The highest BCUT2D eigenvalue weighted by Crippen LogP contribution is 2.30. The molecule has 1 aromatic carbocycles. The van der Waals surface area contributed by atoms with E-state index >= 15 is 0 Å². The second-order valence-corrected chi connectivity index (χ2v) is 5.72. The van der Waals surface area contributed by atoms with Crippen LogP contribution >= 0.6 is 15.9 Å². The molecular weight excluding hydrogens is 328 g/mol. The van der Waals surface area contributed by atoms with Gasteiger partial charge in [-0.25, -0.2) is 0 Å². The highest BCUT2D eigenvalue weighted by molar-refractivity contribution is 9.10. The van der Waals surface area contributed by atoms with Crippen LogP contribution in [0.2, 0.25) is 0 Å². The quantitative estimate of drug-likeness (QED) is 0.730. The lowest BCUT2D eigenvalue weighted by atomic mass is 10.0. The largest absolute Gasteiger partial charge is 0.457 e. The van der Waals surface area contributed by atoms with E-state index in [9.17, 15) is 0 Å². The number of halogens is 1. The summed E-state index contributed by atoms with van der Waals surface area (Å²) in [4.78, 5) is 4.56. The third-order valence-corrected chi connectivity index (χ3v) is 4.15. The molecule has 0 aliphatic carbocycles. The van der Waals surface area contributed by atoms with Crippen molar-refractivity contribution in [3.05, 3.63) is 64.7 Å². The molecule has 4 heteroatoms. The summed E-state index contributed by atoms with van der Waals surface area (Å²) < 4.78 is 6.16. The topological polar surface area (TPSA) is 38.1 Å². The number of rotatable bonds is 5. The molecule has 0 aliphatic rings. The molecular formula is C17H17BrN2O. The number of nitrogens with one attached hydrogen (secondary N) is 1. The van der Waals surface area contributed by atoms with Crippen molar-refractivity contribution in [2.45, 2.75) is 19.4 Å². The number of fused-ring (bicyclic) bond motifs is 1. The Morgan fingerprint density at radius 3 is 2.90 bits per heavy atom. The van der Waals surface area contributed by atoms with Crippen LogP contribution in [0.15, 0.2) is 57.9 Å². The molecule has 2 aromatic heterocycles. The summed E-state index contributed by atoms with van der Waals surface area (Å²) in [6, 6.07) is 12.4. The lowest BCUT2D eigenvalue weighted by Crippen LogP contribution is -2.23. The Balaban J connectivity index is 2.03. The first kappa shape index (κ1) is 14.3. The van der Waals surface area contributed by atoms with Crippen LogP contribution in [-0.4, -0.2) is 11.5 Å². The zero-order valence-electron chi connectivity index (χ0n) is 11.8. The van der Waals surface area contributed by atoms with Crippen molar-refractivity contribution >= 4 is 26.8 Å². The molecule has 108 valence electrons. The number of furan rings is 1. The smallest absolute Gasteiger partial charge is 0.174 e. The summed E-state index contributed by atoms with van der Waals surface area (Å²) in [5.74, 6) is 0. The molecule has 0 spiro atoms. The van der Waals surface area contributed by atoms with E-state index in [4.69, 9.17) is 4.42 Å². The Kier molecular flexibility index (Phi) is 4.36. The van der Waals surface area contributed by atoms with E-state index in [1.54, 1.807) is 6.26 Å². The summed E-state index contributed by atoms with van der Waals surface area (Å²) in [7, 11) is 0. The molecule has 3 aromatic rings. The fourth-order valence-electron chi connectivity index (χ4n) is 2.45. The van der Waals surface area contributed by atoms with Gasteiger partial charge in [0.1, 0.15) is 0 Å². The van der Waals surface area contributed by atoms with Crippen molar-refractivity contribution < 1.29 is 4.42 Å². The van der Waals surface area contributed by atoms with Crippen LogP contribution in [0.5, 0.6) is 0 Å². The van der Waals surface area contributed by atoms with Gasteiger partial charge in [-0.1, -0.05) is 25.1 Å². The van der Waals surface area contributed by atoms with Gasteiger partial charge in [0.2, 0.25) is 0 Å². The highest BCUT2D eigenvalue weighted by Gasteiger charge is 2.18. The molecule has 0 radical (unpaired) electrons. The zero-order chi connectivity index (χ0) is 14.7. The Hall–Kier alpha value is -1.65. The molecule has 3 rings (SSSR count). The van der Waals surface area contributed by atoms with Crippen LogP contribution in [-0.2, 0) is 0 Å².